The fraction of sp³-hybridized carbons (Fsp3) is 0.579. The van der Waals surface area contributed by atoms with Crippen LogP contribution in [0, 0.1) is 0 Å². The fourth-order valence-corrected chi connectivity index (χ4v) is 6.46. The third kappa shape index (κ3) is 3.38. The van der Waals surface area contributed by atoms with Gasteiger partial charge in [-0.2, -0.15) is 0 Å². The Morgan fingerprint density at radius 2 is 2.19 bits per heavy atom. The first-order valence-electron chi connectivity index (χ1n) is 9.21. The van der Waals surface area contributed by atoms with E-state index in [9.17, 15) is 4.79 Å². The van der Waals surface area contributed by atoms with Gasteiger partial charge in [0, 0.05) is 19.4 Å². The first kappa shape index (κ1) is 17.0. The zero-order chi connectivity index (χ0) is 17.6. The van der Waals surface area contributed by atoms with E-state index in [1.807, 2.05) is 18.2 Å². The zero-order valence-corrected chi connectivity index (χ0v) is 16.0. The topological polar surface area (TPSA) is 57.7 Å². The Morgan fingerprint density at radius 3 is 3.04 bits per heavy atom. The first-order chi connectivity index (χ1) is 12.7. The van der Waals surface area contributed by atoms with Gasteiger partial charge in [-0.1, -0.05) is 23.9 Å². The van der Waals surface area contributed by atoms with Gasteiger partial charge in [-0.05, 0) is 31.4 Å². The Kier molecular flexibility index (Phi) is 4.43. The molecule has 0 bridgehead atoms. The summed E-state index contributed by atoms with van der Waals surface area (Å²) in [7, 11) is 0. The second-order valence-electron chi connectivity index (χ2n) is 7.26. The molecule has 1 saturated carbocycles. The molecule has 2 aromatic rings. The smallest absolute Gasteiger partial charge is 0.309 e. The number of rotatable bonds is 4. The van der Waals surface area contributed by atoms with Crippen molar-refractivity contribution >= 4 is 39.3 Å². The van der Waals surface area contributed by atoms with Crippen LogP contribution in [0.15, 0.2) is 28.6 Å². The van der Waals surface area contributed by atoms with Crippen molar-refractivity contribution in [3.63, 3.8) is 0 Å². The molecule has 0 radical (unpaired) electrons. The highest BCUT2D eigenvalue weighted by atomic mass is 32.2. The van der Waals surface area contributed by atoms with Gasteiger partial charge in [-0.25, -0.2) is 4.98 Å². The van der Waals surface area contributed by atoms with Gasteiger partial charge in [0.1, 0.15) is 5.60 Å². The largest absolute Gasteiger partial charge is 0.458 e. The summed E-state index contributed by atoms with van der Waals surface area (Å²) >= 11 is 3.44. The van der Waals surface area contributed by atoms with Gasteiger partial charge < -0.3 is 14.2 Å². The molecule has 5 nitrogen and oxygen atoms in total. The highest BCUT2D eigenvalue weighted by Crippen LogP contribution is 2.56. The molecule has 3 fully saturated rings. The number of hydrogen-bond acceptors (Lipinski definition) is 7. The lowest BCUT2D eigenvalue weighted by Crippen LogP contribution is -2.40. The van der Waals surface area contributed by atoms with Gasteiger partial charge in [0.05, 0.1) is 28.0 Å². The molecule has 1 spiro atoms. The SMILES string of the molecule is O=C1C[C@H](OC2CCCCO2)CC2(C[C@@H]2Sc2nc3ccccc3s2)O1. The Bertz CT molecular complexity index is 786. The van der Waals surface area contributed by atoms with Crippen molar-refractivity contribution in [2.45, 2.75) is 66.1 Å². The van der Waals surface area contributed by atoms with Gasteiger partial charge in [0.25, 0.3) is 0 Å². The molecular formula is C19H21NO4S2. The second-order valence-corrected chi connectivity index (χ2v) is 9.74. The van der Waals surface area contributed by atoms with Crippen LogP contribution >= 0.6 is 23.1 Å². The van der Waals surface area contributed by atoms with Crippen molar-refractivity contribution in [2.24, 2.45) is 0 Å². The summed E-state index contributed by atoms with van der Waals surface area (Å²) in [6.45, 7) is 0.753. The van der Waals surface area contributed by atoms with Gasteiger partial charge in [0.15, 0.2) is 10.6 Å². The van der Waals surface area contributed by atoms with E-state index >= 15 is 0 Å². The van der Waals surface area contributed by atoms with E-state index in [-0.39, 0.29) is 29.2 Å². The normalized spacial score (nSPS) is 34.2. The summed E-state index contributed by atoms with van der Waals surface area (Å²) in [5.74, 6) is -0.149. The lowest BCUT2D eigenvalue weighted by molar-refractivity contribution is -0.211. The molecular weight excluding hydrogens is 370 g/mol. The van der Waals surface area contributed by atoms with E-state index < -0.39 is 0 Å². The predicted octanol–water partition coefficient (Wildman–Crippen LogP) is 4.15. The molecule has 1 aliphatic carbocycles. The number of aromatic nitrogens is 1. The number of ether oxygens (including phenoxy) is 3. The zero-order valence-electron chi connectivity index (χ0n) is 14.4. The standard InChI is InChI=1S/C19H21NO4S2/c21-16-9-12(23-17-7-3-4-8-22-17)10-19(24-16)11-15(19)26-18-20-13-5-1-2-6-14(13)25-18/h1-2,5-6,12,15,17H,3-4,7-11H2/t12-,15-,17?,19?/m0/s1. The maximum Gasteiger partial charge on any atom is 0.309 e. The number of carbonyl (C=O) groups excluding carboxylic acids is 1. The monoisotopic (exact) mass is 391 g/mol. The minimum atomic E-state index is -0.378. The number of benzene rings is 1. The Labute approximate surface area is 160 Å². The first-order valence-corrected chi connectivity index (χ1v) is 10.9. The minimum Gasteiger partial charge on any atom is -0.458 e. The number of esters is 1. The van der Waals surface area contributed by atoms with Crippen LogP contribution in [0.2, 0.25) is 0 Å². The third-order valence-corrected chi connectivity index (χ3v) is 7.79. The average Bonchev–Trinajstić information content (AvgIpc) is 3.08. The van der Waals surface area contributed by atoms with E-state index in [1.165, 1.54) is 4.70 Å². The molecule has 26 heavy (non-hydrogen) atoms. The van der Waals surface area contributed by atoms with Crippen LogP contribution in [-0.4, -0.2) is 40.8 Å². The Morgan fingerprint density at radius 1 is 1.27 bits per heavy atom. The lowest BCUT2D eigenvalue weighted by atomic mass is 10.0. The van der Waals surface area contributed by atoms with Crippen LogP contribution in [0.1, 0.15) is 38.5 Å². The maximum absolute atomic E-state index is 12.1. The highest BCUT2D eigenvalue weighted by Gasteiger charge is 2.62. The number of para-hydroxylation sites is 1. The van der Waals surface area contributed by atoms with E-state index in [0.717, 1.165) is 48.6 Å². The summed E-state index contributed by atoms with van der Waals surface area (Å²) in [4.78, 5) is 16.8. The molecule has 2 saturated heterocycles. The van der Waals surface area contributed by atoms with Crippen molar-refractivity contribution in [2.75, 3.05) is 6.61 Å². The summed E-state index contributed by atoms with van der Waals surface area (Å²) in [5, 5.41) is 0.269. The van der Waals surface area contributed by atoms with Crippen LogP contribution in [0.5, 0.6) is 0 Å². The molecule has 1 aromatic heterocycles. The van der Waals surface area contributed by atoms with Gasteiger partial charge in [-0.15, -0.1) is 11.3 Å². The molecule has 1 aromatic carbocycles. The van der Waals surface area contributed by atoms with E-state index in [1.54, 1.807) is 23.1 Å². The van der Waals surface area contributed by atoms with Crippen LogP contribution in [-0.2, 0) is 19.0 Å². The molecule has 138 valence electrons. The Balaban J connectivity index is 1.24. The van der Waals surface area contributed by atoms with Crippen molar-refractivity contribution in [3.05, 3.63) is 24.3 Å². The number of carbonyl (C=O) groups is 1. The van der Waals surface area contributed by atoms with E-state index in [0.29, 0.717) is 6.42 Å². The van der Waals surface area contributed by atoms with Crippen LogP contribution in [0.3, 0.4) is 0 Å². The molecule has 3 heterocycles. The summed E-state index contributed by atoms with van der Waals surface area (Å²) < 4.78 is 19.8. The van der Waals surface area contributed by atoms with Crippen LogP contribution in [0.4, 0.5) is 0 Å². The molecule has 4 atom stereocenters. The third-order valence-electron chi connectivity index (χ3n) is 5.24. The van der Waals surface area contributed by atoms with Gasteiger partial charge >= 0.3 is 5.97 Å². The van der Waals surface area contributed by atoms with E-state index in [4.69, 9.17) is 19.2 Å². The van der Waals surface area contributed by atoms with Gasteiger partial charge in [0.2, 0.25) is 0 Å². The second kappa shape index (κ2) is 6.78. The number of thiazole rings is 1. The predicted molar refractivity (Wildman–Crippen MR) is 100 cm³/mol. The average molecular weight is 392 g/mol. The quantitative estimate of drug-likeness (QED) is 0.730. The minimum absolute atomic E-state index is 0.0969. The fourth-order valence-electron chi connectivity index (χ4n) is 3.83. The number of nitrogens with zero attached hydrogens (tertiary/aromatic N) is 1. The summed E-state index contributed by atoms with van der Waals surface area (Å²) in [5.41, 5.74) is 0.656. The molecule has 0 N–H and O–H groups in total. The molecule has 2 aliphatic heterocycles. The maximum atomic E-state index is 12.1. The van der Waals surface area contributed by atoms with Crippen LogP contribution in [0.25, 0.3) is 10.2 Å². The lowest BCUT2D eigenvalue weighted by Gasteiger charge is -2.33. The number of fused-ring (bicyclic) bond motifs is 1. The van der Waals surface area contributed by atoms with Crippen molar-refractivity contribution in [1.82, 2.24) is 4.98 Å². The molecule has 0 amide bonds. The van der Waals surface area contributed by atoms with E-state index in [2.05, 4.69) is 6.07 Å². The number of hydrogen-bond donors (Lipinski definition) is 0. The summed E-state index contributed by atoms with van der Waals surface area (Å²) in [6.07, 6.45) is 4.86. The molecule has 3 aliphatic rings. The molecule has 5 rings (SSSR count). The van der Waals surface area contributed by atoms with Crippen molar-refractivity contribution < 1.29 is 19.0 Å². The molecule has 7 heteroatoms. The van der Waals surface area contributed by atoms with Gasteiger partial charge in [-0.3, -0.25) is 4.79 Å². The van der Waals surface area contributed by atoms with Crippen LogP contribution < -0.4 is 0 Å². The molecule has 2 unspecified atom stereocenters. The summed E-state index contributed by atoms with van der Waals surface area (Å²) in [6, 6.07) is 8.17. The number of thioether (sulfide) groups is 1. The highest BCUT2D eigenvalue weighted by molar-refractivity contribution is 8.02. The van der Waals surface area contributed by atoms with Crippen molar-refractivity contribution in [1.29, 1.82) is 0 Å². The Hall–Kier alpha value is -1.15. The van der Waals surface area contributed by atoms with Crippen molar-refractivity contribution in [3.8, 4) is 0 Å².